The van der Waals surface area contributed by atoms with E-state index in [1.165, 1.54) is 11.3 Å². The van der Waals surface area contributed by atoms with E-state index in [-0.39, 0.29) is 0 Å². The van der Waals surface area contributed by atoms with Gasteiger partial charge in [0.05, 0.1) is 0 Å². The van der Waals surface area contributed by atoms with Crippen molar-refractivity contribution in [1.29, 1.82) is 0 Å². The van der Waals surface area contributed by atoms with E-state index in [1.54, 1.807) is 0 Å². The molecule has 0 bridgehead atoms. The summed E-state index contributed by atoms with van der Waals surface area (Å²) in [4.78, 5) is 4.90. The van der Waals surface area contributed by atoms with E-state index >= 15 is 0 Å². The fraction of sp³-hybridized carbons (Fsp3) is 0.571. The topological polar surface area (TPSA) is 32.5 Å². The Hall–Kier alpha value is -0.770. The van der Waals surface area contributed by atoms with Gasteiger partial charge in [-0.25, -0.2) is 0 Å². The van der Waals surface area contributed by atoms with Gasteiger partial charge in [-0.2, -0.15) is 0 Å². The van der Waals surface area contributed by atoms with Crippen molar-refractivity contribution >= 4 is 17.3 Å². The van der Waals surface area contributed by atoms with Gasteiger partial charge in [-0.1, -0.05) is 17.7 Å². The highest BCUT2D eigenvalue weighted by Gasteiger charge is 2.20. The number of halogens is 1. The Morgan fingerprint density at radius 3 is 2.44 bits per heavy atom. The highest BCUT2D eigenvalue weighted by molar-refractivity contribution is 6.30. The van der Waals surface area contributed by atoms with Crippen molar-refractivity contribution in [2.75, 3.05) is 31.1 Å². The fourth-order valence-corrected chi connectivity index (χ4v) is 2.65. The number of nitrogens with two attached hydrogens (primary N) is 1. The molecule has 0 saturated carbocycles. The molecule has 1 heterocycles. The SMILES string of the molecule is CC(C)N1CCN(c2cc(Cl)ccc2CN)CC1. The highest BCUT2D eigenvalue weighted by Crippen LogP contribution is 2.26. The number of benzene rings is 1. The second-order valence-electron chi connectivity index (χ2n) is 5.09. The molecule has 3 nitrogen and oxygen atoms in total. The summed E-state index contributed by atoms with van der Waals surface area (Å²) < 4.78 is 0. The normalized spacial score (nSPS) is 17.5. The summed E-state index contributed by atoms with van der Waals surface area (Å²) >= 11 is 6.09. The first-order chi connectivity index (χ1) is 8.61. The number of nitrogens with zero attached hydrogens (tertiary/aromatic N) is 2. The molecular formula is C14H22ClN3. The molecular weight excluding hydrogens is 246 g/mol. The van der Waals surface area contributed by atoms with Crippen molar-refractivity contribution in [3.63, 3.8) is 0 Å². The van der Waals surface area contributed by atoms with Crippen LogP contribution in [0.15, 0.2) is 18.2 Å². The smallest absolute Gasteiger partial charge is 0.0427 e. The molecule has 0 aliphatic carbocycles. The quantitative estimate of drug-likeness (QED) is 0.912. The Balaban J connectivity index is 2.11. The van der Waals surface area contributed by atoms with Crippen molar-refractivity contribution in [3.05, 3.63) is 28.8 Å². The van der Waals surface area contributed by atoms with Crippen molar-refractivity contribution in [2.24, 2.45) is 5.73 Å². The first kappa shape index (κ1) is 13.7. The molecule has 1 fully saturated rings. The molecule has 1 aromatic carbocycles. The Bertz CT molecular complexity index is 398. The Kier molecular flexibility index (Phi) is 4.49. The molecule has 0 spiro atoms. The maximum Gasteiger partial charge on any atom is 0.0427 e. The monoisotopic (exact) mass is 267 g/mol. The van der Waals surface area contributed by atoms with E-state index < -0.39 is 0 Å². The van der Waals surface area contributed by atoms with E-state index in [0.717, 1.165) is 31.2 Å². The van der Waals surface area contributed by atoms with E-state index in [9.17, 15) is 0 Å². The maximum atomic E-state index is 6.09. The summed E-state index contributed by atoms with van der Waals surface area (Å²) in [6.07, 6.45) is 0. The summed E-state index contributed by atoms with van der Waals surface area (Å²) in [5.74, 6) is 0. The van der Waals surface area contributed by atoms with Crippen LogP contribution in [0.2, 0.25) is 5.02 Å². The zero-order valence-electron chi connectivity index (χ0n) is 11.2. The Morgan fingerprint density at radius 1 is 1.22 bits per heavy atom. The number of hydrogen-bond donors (Lipinski definition) is 1. The van der Waals surface area contributed by atoms with Gasteiger partial charge in [0, 0.05) is 49.5 Å². The summed E-state index contributed by atoms with van der Waals surface area (Å²) in [6, 6.07) is 6.61. The van der Waals surface area contributed by atoms with Gasteiger partial charge < -0.3 is 10.6 Å². The number of piperazine rings is 1. The molecule has 18 heavy (non-hydrogen) atoms. The zero-order valence-corrected chi connectivity index (χ0v) is 12.0. The van der Waals surface area contributed by atoms with Gasteiger partial charge in [-0.3, -0.25) is 4.90 Å². The molecule has 0 radical (unpaired) electrons. The molecule has 0 atom stereocenters. The van der Waals surface area contributed by atoms with E-state index in [1.807, 2.05) is 18.2 Å². The first-order valence-electron chi connectivity index (χ1n) is 6.59. The molecule has 4 heteroatoms. The lowest BCUT2D eigenvalue weighted by Crippen LogP contribution is -2.49. The van der Waals surface area contributed by atoms with Gasteiger partial charge in [0.15, 0.2) is 0 Å². The standard InChI is InChI=1S/C14H22ClN3/c1-11(2)17-5-7-18(8-6-17)14-9-13(15)4-3-12(14)10-16/h3-4,9,11H,5-8,10,16H2,1-2H3. The third-order valence-corrected chi connectivity index (χ3v) is 3.89. The first-order valence-corrected chi connectivity index (χ1v) is 6.97. The van der Waals surface area contributed by atoms with Gasteiger partial charge >= 0.3 is 0 Å². The fourth-order valence-electron chi connectivity index (χ4n) is 2.48. The minimum Gasteiger partial charge on any atom is -0.369 e. The van der Waals surface area contributed by atoms with Crippen LogP contribution in [0.3, 0.4) is 0 Å². The number of rotatable bonds is 3. The van der Waals surface area contributed by atoms with Gasteiger partial charge in [-0.15, -0.1) is 0 Å². The highest BCUT2D eigenvalue weighted by atomic mass is 35.5. The summed E-state index contributed by atoms with van der Waals surface area (Å²) in [6.45, 7) is 9.37. The van der Waals surface area contributed by atoms with Crippen LogP contribution < -0.4 is 10.6 Å². The van der Waals surface area contributed by atoms with Crippen LogP contribution in [0, 0.1) is 0 Å². The minimum atomic E-state index is 0.566. The molecule has 100 valence electrons. The lowest BCUT2D eigenvalue weighted by Gasteiger charge is -2.38. The molecule has 1 saturated heterocycles. The zero-order chi connectivity index (χ0) is 13.1. The van der Waals surface area contributed by atoms with Crippen LogP contribution in [-0.2, 0) is 6.54 Å². The van der Waals surface area contributed by atoms with Gasteiger partial charge in [0.2, 0.25) is 0 Å². The van der Waals surface area contributed by atoms with Crippen molar-refractivity contribution in [2.45, 2.75) is 26.4 Å². The lowest BCUT2D eigenvalue weighted by molar-refractivity contribution is 0.209. The predicted molar refractivity (Wildman–Crippen MR) is 78.3 cm³/mol. The molecule has 1 aromatic rings. The molecule has 1 aliphatic heterocycles. The Morgan fingerprint density at radius 2 is 1.89 bits per heavy atom. The lowest BCUT2D eigenvalue weighted by atomic mass is 10.1. The van der Waals surface area contributed by atoms with E-state index in [0.29, 0.717) is 12.6 Å². The third-order valence-electron chi connectivity index (χ3n) is 3.65. The molecule has 2 N–H and O–H groups in total. The van der Waals surface area contributed by atoms with Crippen LogP contribution in [0.25, 0.3) is 0 Å². The van der Waals surface area contributed by atoms with Crippen LogP contribution >= 0.6 is 11.6 Å². The number of hydrogen-bond acceptors (Lipinski definition) is 3. The summed E-state index contributed by atoms with van der Waals surface area (Å²) in [5.41, 5.74) is 8.18. The van der Waals surface area contributed by atoms with Crippen molar-refractivity contribution < 1.29 is 0 Å². The largest absolute Gasteiger partial charge is 0.369 e. The molecule has 2 rings (SSSR count). The average molecular weight is 268 g/mol. The Labute approximate surface area is 115 Å². The second kappa shape index (κ2) is 5.91. The van der Waals surface area contributed by atoms with Crippen LogP contribution in [-0.4, -0.2) is 37.1 Å². The van der Waals surface area contributed by atoms with Crippen LogP contribution in [0.4, 0.5) is 5.69 Å². The van der Waals surface area contributed by atoms with Gasteiger partial charge in [0.1, 0.15) is 0 Å². The third kappa shape index (κ3) is 2.97. The molecule has 1 aliphatic rings. The van der Waals surface area contributed by atoms with Crippen LogP contribution in [0.5, 0.6) is 0 Å². The molecule has 0 unspecified atom stereocenters. The van der Waals surface area contributed by atoms with E-state index in [4.69, 9.17) is 17.3 Å². The summed E-state index contributed by atoms with van der Waals surface area (Å²) in [7, 11) is 0. The predicted octanol–water partition coefficient (Wildman–Crippen LogP) is 2.33. The number of anilines is 1. The van der Waals surface area contributed by atoms with Gasteiger partial charge in [0.25, 0.3) is 0 Å². The van der Waals surface area contributed by atoms with Crippen molar-refractivity contribution in [1.82, 2.24) is 4.90 Å². The molecule has 0 aromatic heterocycles. The second-order valence-corrected chi connectivity index (χ2v) is 5.53. The van der Waals surface area contributed by atoms with Crippen LogP contribution in [0.1, 0.15) is 19.4 Å². The maximum absolute atomic E-state index is 6.09. The van der Waals surface area contributed by atoms with Crippen molar-refractivity contribution in [3.8, 4) is 0 Å². The molecule has 0 amide bonds. The minimum absolute atomic E-state index is 0.566. The van der Waals surface area contributed by atoms with E-state index in [2.05, 4.69) is 23.6 Å². The summed E-state index contributed by atoms with van der Waals surface area (Å²) in [5, 5.41) is 0.786. The average Bonchev–Trinajstić information content (AvgIpc) is 2.39. The van der Waals surface area contributed by atoms with Gasteiger partial charge in [-0.05, 0) is 31.5 Å².